The van der Waals surface area contributed by atoms with Crippen LogP contribution in [0.5, 0.6) is 0 Å². The number of nitrogens with zero attached hydrogens (tertiary/aromatic N) is 1. The quantitative estimate of drug-likeness (QED) is 0.694. The van der Waals surface area contributed by atoms with Gasteiger partial charge in [-0.3, -0.25) is 4.99 Å². The zero-order valence-corrected chi connectivity index (χ0v) is 12.8. The van der Waals surface area contributed by atoms with Gasteiger partial charge in [0.1, 0.15) is 0 Å². The van der Waals surface area contributed by atoms with Crippen LogP contribution in [0.4, 0.5) is 0 Å². The van der Waals surface area contributed by atoms with Crippen molar-refractivity contribution in [1.82, 2.24) is 5.32 Å². The topological polar surface area (TPSA) is 24.4 Å². The van der Waals surface area contributed by atoms with Crippen LogP contribution in [0.3, 0.4) is 0 Å². The van der Waals surface area contributed by atoms with Crippen molar-refractivity contribution in [2.75, 3.05) is 0 Å². The van der Waals surface area contributed by atoms with Crippen molar-refractivity contribution in [2.24, 2.45) is 16.8 Å². The van der Waals surface area contributed by atoms with Gasteiger partial charge in [0.2, 0.25) is 0 Å². The van der Waals surface area contributed by atoms with Crippen molar-refractivity contribution in [3.63, 3.8) is 0 Å². The summed E-state index contributed by atoms with van der Waals surface area (Å²) in [7, 11) is 0. The van der Waals surface area contributed by atoms with Crippen LogP contribution in [0.25, 0.3) is 0 Å². The van der Waals surface area contributed by atoms with Crippen molar-refractivity contribution in [2.45, 2.75) is 67.5 Å². The molecule has 2 heteroatoms. The zero-order chi connectivity index (χ0) is 13.6. The Bertz CT molecular complexity index is 271. The molecule has 0 unspecified atom stereocenters. The molecular formula is C15H30N2. The molecule has 0 aliphatic rings. The highest BCUT2D eigenvalue weighted by molar-refractivity contribution is 5.97. The highest BCUT2D eigenvalue weighted by Crippen LogP contribution is 2.11. The molecule has 0 aliphatic heterocycles. The van der Waals surface area contributed by atoms with Crippen molar-refractivity contribution >= 4 is 5.71 Å². The maximum atomic E-state index is 4.71. The van der Waals surface area contributed by atoms with Crippen LogP contribution in [0.2, 0.25) is 0 Å². The van der Waals surface area contributed by atoms with Gasteiger partial charge in [0.05, 0.1) is 0 Å². The third kappa shape index (κ3) is 7.19. The molecule has 0 rings (SSSR count). The smallest absolute Gasteiger partial charge is 0.0446 e. The molecule has 0 aromatic rings. The van der Waals surface area contributed by atoms with E-state index in [1.807, 2.05) is 0 Å². The van der Waals surface area contributed by atoms with Gasteiger partial charge in [-0.1, -0.05) is 27.7 Å². The molecule has 1 N–H and O–H groups in total. The first-order chi connectivity index (χ1) is 7.73. The Hall–Kier alpha value is -0.790. The maximum absolute atomic E-state index is 4.71. The summed E-state index contributed by atoms with van der Waals surface area (Å²) in [4.78, 5) is 4.71. The van der Waals surface area contributed by atoms with E-state index in [4.69, 9.17) is 4.99 Å². The average Bonchev–Trinajstić information content (AvgIpc) is 2.13. The largest absolute Gasteiger partial charge is 0.386 e. The van der Waals surface area contributed by atoms with Crippen molar-refractivity contribution in [3.8, 4) is 0 Å². The van der Waals surface area contributed by atoms with Gasteiger partial charge in [-0.05, 0) is 45.6 Å². The lowest BCUT2D eigenvalue weighted by Crippen LogP contribution is -2.26. The Morgan fingerprint density at radius 2 is 1.41 bits per heavy atom. The Labute approximate surface area is 108 Å². The van der Waals surface area contributed by atoms with Crippen LogP contribution >= 0.6 is 0 Å². The average molecular weight is 238 g/mol. The van der Waals surface area contributed by atoms with E-state index >= 15 is 0 Å². The number of allylic oxidation sites excluding steroid dienone is 2. The van der Waals surface area contributed by atoms with Gasteiger partial charge in [-0.2, -0.15) is 0 Å². The van der Waals surface area contributed by atoms with E-state index < -0.39 is 0 Å². The lowest BCUT2D eigenvalue weighted by Gasteiger charge is -2.19. The summed E-state index contributed by atoms with van der Waals surface area (Å²) in [6, 6.07) is 0.826. The van der Waals surface area contributed by atoms with Crippen molar-refractivity contribution < 1.29 is 0 Å². The van der Waals surface area contributed by atoms with E-state index in [2.05, 4.69) is 66.8 Å². The summed E-state index contributed by atoms with van der Waals surface area (Å²) >= 11 is 0. The number of hydrogen-bond acceptors (Lipinski definition) is 2. The van der Waals surface area contributed by atoms with Crippen molar-refractivity contribution in [1.29, 1.82) is 0 Å². The van der Waals surface area contributed by atoms with Gasteiger partial charge in [0.25, 0.3) is 0 Å². The Balaban J connectivity index is 5.09. The molecule has 0 aliphatic carbocycles. The second-order valence-electron chi connectivity index (χ2n) is 5.86. The summed E-state index contributed by atoms with van der Waals surface area (Å²) in [6.45, 7) is 17.4. The molecule has 0 aromatic heterocycles. The van der Waals surface area contributed by atoms with Gasteiger partial charge in [-0.25, -0.2) is 0 Å². The molecule has 0 fully saturated rings. The molecule has 17 heavy (non-hydrogen) atoms. The molecule has 100 valence electrons. The summed E-state index contributed by atoms with van der Waals surface area (Å²) < 4.78 is 0. The predicted molar refractivity (Wildman–Crippen MR) is 78.6 cm³/mol. The molecule has 0 heterocycles. The Morgan fingerprint density at radius 3 is 1.71 bits per heavy atom. The molecule has 0 spiro atoms. The second-order valence-corrected chi connectivity index (χ2v) is 5.86. The van der Waals surface area contributed by atoms with E-state index in [0.29, 0.717) is 23.9 Å². The van der Waals surface area contributed by atoms with Crippen LogP contribution in [0, 0.1) is 11.8 Å². The van der Waals surface area contributed by atoms with Crippen LogP contribution in [-0.2, 0) is 0 Å². The van der Waals surface area contributed by atoms with E-state index in [9.17, 15) is 0 Å². The predicted octanol–water partition coefficient (Wildman–Crippen LogP) is 4.03. The number of nitrogens with one attached hydrogen (secondary N) is 1. The molecule has 0 amide bonds. The first-order valence-electron chi connectivity index (χ1n) is 6.79. The van der Waals surface area contributed by atoms with Crippen LogP contribution in [0.1, 0.15) is 55.4 Å². The number of rotatable bonds is 6. The van der Waals surface area contributed by atoms with E-state index in [1.165, 1.54) is 11.4 Å². The van der Waals surface area contributed by atoms with Gasteiger partial charge >= 0.3 is 0 Å². The van der Waals surface area contributed by atoms with Crippen molar-refractivity contribution in [3.05, 3.63) is 11.8 Å². The van der Waals surface area contributed by atoms with Crippen LogP contribution in [-0.4, -0.2) is 17.8 Å². The summed E-state index contributed by atoms with van der Waals surface area (Å²) in [5.41, 5.74) is 2.48. The second kappa shape index (κ2) is 7.52. The van der Waals surface area contributed by atoms with Gasteiger partial charge < -0.3 is 5.32 Å². The Morgan fingerprint density at radius 1 is 0.882 bits per heavy atom. The third-order valence-electron chi connectivity index (χ3n) is 2.38. The molecule has 0 saturated heterocycles. The summed E-state index contributed by atoms with van der Waals surface area (Å²) in [5.74, 6) is 0.980. The highest BCUT2D eigenvalue weighted by Gasteiger charge is 2.09. The maximum Gasteiger partial charge on any atom is 0.0446 e. The van der Waals surface area contributed by atoms with Gasteiger partial charge in [-0.15, -0.1) is 0 Å². The third-order valence-corrected chi connectivity index (χ3v) is 2.38. The number of aliphatic imine (C=N–C) groups is 1. The first-order valence-corrected chi connectivity index (χ1v) is 6.79. The fourth-order valence-corrected chi connectivity index (χ4v) is 1.52. The monoisotopic (exact) mass is 238 g/mol. The lowest BCUT2D eigenvalue weighted by molar-refractivity contribution is 0.589. The normalized spacial score (nSPS) is 14.4. The van der Waals surface area contributed by atoms with Gasteiger partial charge in [0, 0.05) is 23.5 Å². The first kappa shape index (κ1) is 16.2. The van der Waals surface area contributed by atoms with E-state index in [-0.39, 0.29) is 0 Å². The molecule has 0 bridgehead atoms. The minimum Gasteiger partial charge on any atom is -0.386 e. The van der Waals surface area contributed by atoms with Gasteiger partial charge in [0.15, 0.2) is 0 Å². The molecule has 0 aromatic carbocycles. The molecule has 0 radical (unpaired) electrons. The summed E-state index contributed by atoms with van der Waals surface area (Å²) in [6.07, 6.45) is 2.23. The highest BCUT2D eigenvalue weighted by atomic mass is 14.9. The standard InChI is InChI=1S/C15H30N2/c1-10(2)14(16-12(5)6)9-15(11(3)4)17-13(7)8/h9-13,16H,1-8H3/b14-9-,17-15?. The zero-order valence-electron chi connectivity index (χ0n) is 12.8. The molecule has 2 nitrogen and oxygen atoms in total. The minimum atomic E-state index is 0.358. The SMILES string of the molecule is CC(C)N=C(/C=C(\NC(C)C)C(C)C)C(C)C. The lowest BCUT2D eigenvalue weighted by atomic mass is 10.0. The molecular weight excluding hydrogens is 208 g/mol. The fourth-order valence-electron chi connectivity index (χ4n) is 1.52. The fraction of sp³-hybridized carbons (Fsp3) is 0.800. The molecule has 0 atom stereocenters. The van der Waals surface area contributed by atoms with Crippen LogP contribution in [0.15, 0.2) is 16.8 Å². The van der Waals surface area contributed by atoms with E-state index in [1.54, 1.807) is 0 Å². The van der Waals surface area contributed by atoms with Crippen LogP contribution < -0.4 is 5.32 Å². The Kier molecular flexibility index (Phi) is 7.17. The number of hydrogen-bond donors (Lipinski definition) is 1. The molecule has 0 saturated carbocycles. The van der Waals surface area contributed by atoms with E-state index in [0.717, 1.165) is 0 Å². The summed E-state index contributed by atoms with van der Waals surface area (Å²) in [5, 5.41) is 3.52. The minimum absolute atomic E-state index is 0.358.